The monoisotopic (exact) mass is 501 g/mol. The van der Waals surface area contributed by atoms with Gasteiger partial charge in [-0.3, -0.25) is 9.79 Å². The molecule has 2 aromatic heterocycles. The van der Waals surface area contributed by atoms with Crippen molar-refractivity contribution in [1.82, 2.24) is 25.2 Å². The van der Waals surface area contributed by atoms with Gasteiger partial charge in [-0.15, -0.1) is 5.10 Å². The number of hydrogen-bond donors (Lipinski definition) is 3. The van der Waals surface area contributed by atoms with Gasteiger partial charge in [-0.05, 0) is 49.6 Å². The molecule has 0 bridgehead atoms. The van der Waals surface area contributed by atoms with E-state index in [1.807, 2.05) is 25.1 Å². The minimum atomic E-state index is -0.403. The number of fused-ring (bicyclic) bond motifs is 1. The van der Waals surface area contributed by atoms with Crippen LogP contribution in [0, 0.1) is 12.7 Å². The van der Waals surface area contributed by atoms with E-state index in [1.54, 1.807) is 43.0 Å². The molecule has 190 valence electrons. The van der Waals surface area contributed by atoms with E-state index in [-0.39, 0.29) is 17.8 Å². The lowest BCUT2D eigenvalue weighted by Gasteiger charge is -2.13. The van der Waals surface area contributed by atoms with Gasteiger partial charge in [0, 0.05) is 43.4 Å². The van der Waals surface area contributed by atoms with Crippen LogP contribution >= 0.6 is 0 Å². The van der Waals surface area contributed by atoms with Crippen LogP contribution in [0.5, 0.6) is 11.6 Å². The molecule has 1 saturated carbocycles. The van der Waals surface area contributed by atoms with Crippen LogP contribution in [0.4, 0.5) is 10.1 Å². The van der Waals surface area contributed by atoms with Crippen molar-refractivity contribution in [3.63, 3.8) is 0 Å². The molecule has 10 heteroatoms. The maximum atomic E-state index is 13.7. The fraction of sp³-hybridized carbons (Fsp3) is 0.259. The SMILES string of the molecule is CN=C(CNc1cc(Oc2cccc(F)c2)nn2c(-c3ccc(C(=O)NC4CC4)c(C)c3)cnc12)NC. The van der Waals surface area contributed by atoms with Crippen molar-refractivity contribution in [2.75, 3.05) is 26.0 Å². The normalized spacial score (nSPS) is 13.5. The zero-order chi connectivity index (χ0) is 25.9. The number of aryl methyl sites for hydroxylation is 1. The molecule has 0 spiro atoms. The van der Waals surface area contributed by atoms with Gasteiger partial charge in [-0.2, -0.15) is 0 Å². The van der Waals surface area contributed by atoms with E-state index < -0.39 is 5.82 Å². The second-order valence-electron chi connectivity index (χ2n) is 8.89. The van der Waals surface area contributed by atoms with Crippen molar-refractivity contribution in [3.05, 3.63) is 71.7 Å². The molecule has 2 heterocycles. The van der Waals surface area contributed by atoms with Crippen molar-refractivity contribution in [1.29, 1.82) is 0 Å². The van der Waals surface area contributed by atoms with E-state index >= 15 is 0 Å². The minimum Gasteiger partial charge on any atom is -0.437 e. The predicted molar refractivity (Wildman–Crippen MR) is 141 cm³/mol. The van der Waals surface area contributed by atoms with E-state index in [2.05, 4.69) is 31.0 Å². The van der Waals surface area contributed by atoms with E-state index in [0.29, 0.717) is 29.2 Å². The summed E-state index contributed by atoms with van der Waals surface area (Å²) < 4.78 is 21.3. The maximum Gasteiger partial charge on any atom is 0.251 e. The maximum absolute atomic E-state index is 13.7. The number of aromatic nitrogens is 3. The van der Waals surface area contributed by atoms with Crippen molar-refractivity contribution < 1.29 is 13.9 Å². The van der Waals surface area contributed by atoms with Crippen molar-refractivity contribution in [3.8, 4) is 22.9 Å². The van der Waals surface area contributed by atoms with Crippen LogP contribution in [-0.4, -0.2) is 53.0 Å². The number of aliphatic imine (C=N–C) groups is 1. The molecule has 0 atom stereocenters. The summed E-state index contributed by atoms with van der Waals surface area (Å²) in [5.74, 6) is 0.881. The molecular weight excluding hydrogens is 473 g/mol. The van der Waals surface area contributed by atoms with Crippen LogP contribution in [0.2, 0.25) is 0 Å². The van der Waals surface area contributed by atoms with E-state index in [4.69, 9.17) is 4.74 Å². The Morgan fingerprint density at radius 3 is 2.76 bits per heavy atom. The van der Waals surface area contributed by atoms with Gasteiger partial charge in [0.2, 0.25) is 5.88 Å². The summed E-state index contributed by atoms with van der Waals surface area (Å²) in [5.41, 5.74) is 4.32. The fourth-order valence-corrected chi connectivity index (χ4v) is 4.00. The summed E-state index contributed by atoms with van der Waals surface area (Å²) in [5, 5.41) is 14.0. The number of carbonyl (C=O) groups is 1. The molecule has 0 radical (unpaired) electrons. The molecule has 0 saturated heterocycles. The number of anilines is 1. The third kappa shape index (κ3) is 5.37. The third-order valence-electron chi connectivity index (χ3n) is 6.15. The van der Waals surface area contributed by atoms with Crippen LogP contribution in [0.25, 0.3) is 16.9 Å². The van der Waals surface area contributed by atoms with Crippen LogP contribution in [0.15, 0.2) is 59.7 Å². The quantitative estimate of drug-likeness (QED) is 0.247. The summed E-state index contributed by atoms with van der Waals surface area (Å²) in [6.45, 7) is 2.34. The van der Waals surface area contributed by atoms with E-state index in [1.165, 1.54) is 12.1 Å². The average Bonchev–Trinajstić information content (AvgIpc) is 3.59. The highest BCUT2D eigenvalue weighted by molar-refractivity contribution is 5.96. The Morgan fingerprint density at radius 1 is 1.22 bits per heavy atom. The molecule has 1 aliphatic rings. The molecule has 4 aromatic rings. The second kappa shape index (κ2) is 10.3. The van der Waals surface area contributed by atoms with Crippen LogP contribution in [-0.2, 0) is 0 Å². The van der Waals surface area contributed by atoms with Gasteiger partial charge in [-0.25, -0.2) is 13.9 Å². The lowest BCUT2D eigenvalue weighted by molar-refractivity contribution is 0.0950. The number of carbonyl (C=O) groups excluding carboxylic acids is 1. The third-order valence-corrected chi connectivity index (χ3v) is 6.15. The van der Waals surface area contributed by atoms with Gasteiger partial charge in [0.05, 0.1) is 24.1 Å². The van der Waals surface area contributed by atoms with E-state index in [0.717, 1.165) is 35.5 Å². The number of halogens is 1. The molecule has 2 aromatic carbocycles. The number of benzene rings is 2. The molecule has 1 aliphatic carbocycles. The summed E-state index contributed by atoms with van der Waals surface area (Å²) in [6.07, 6.45) is 3.80. The topological polar surface area (TPSA) is 105 Å². The molecule has 0 unspecified atom stereocenters. The fourth-order valence-electron chi connectivity index (χ4n) is 4.00. The first-order valence-corrected chi connectivity index (χ1v) is 12.1. The zero-order valence-corrected chi connectivity index (χ0v) is 20.9. The van der Waals surface area contributed by atoms with Crippen molar-refractivity contribution in [2.45, 2.75) is 25.8 Å². The number of nitrogens with zero attached hydrogens (tertiary/aromatic N) is 4. The Balaban J connectivity index is 1.53. The lowest BCUT2D eigenvalue weighted by Crippen LogP contribution is -2.26. The number of hydrogen-bond acceptors (Lipinski definition) is 6. The number of imidazole rings is 1. The molecular formula is C27H28FN7O2. The number of ether oxygens (including phenoxy) is 1. The summed E-state index contributed by atoms with van der Waals surface area (Å²) in [4.78, 5) is 21.4. The molecule has 1 amide bonds. The Bertz CT molecular complexity index is 1490. The Labute approximate surface area is 213 Å². The molecule has 1 fully saturated rings. The average molecular weight is 502 g/mol. The number of likely N-dealkylation sites (N-methyl/N-ethyl adjacent to an activating group) is 1. The van der Waals surface area contributed by atoms with E-state index in [9.17, 15) is 9.18 Å². The number of amides is 1. The molecule has 37 heavy (non-hydrogen) atoms. The highest BCUT2D eigenvalue weighted by atomic mass is 19.1. The number of amidine groups is 1. The number of rotatable bonds is 8. The van der Waals surface area contributed by atoms with Gasteiger partial charge in [0.15, 0.2) is 5.65 Å². The van der Waals surface area contributed by atoms with Crippen LogP contribution < -0.4 is 20.7 Å². The number of nitrogens with one attached hydrogen (secondary N) is 3. The summed E-state index contributed by atoms with van der Waals surface area (Å²) in [6, 6.07) is 13.6. The van der Waals surface area contributed by atoms with Gasteiger partial charge in [0.1, 0.15) is 17.4 Å². The molecule has 3 N–H and O–H groups in total. The van der Waals surface area contributed by atoms with Crippen molar-refractivity contribution >= 4 is 23.1 Å². The van der Waals surface area contributed by atoms with Crippen molar-refractivity contribution in [2.24, 2.45) is 4.99 Å². The largest absolute Gasteiger partial charge is 0.437 e. The molecule has 5 rings (SSSR count). The molecule has 9 nitrogen and oxygen atoms in total. The Kier molecular flexibility index (Phi) is 6.72. The summed E-state index contributed by atoms with van der Waals surface area (Å²) in [7, 11) is 3.51. The minimum absolute atomic E-state index is 0.0574. The summed E-state index contributed by atoms with van der Waals surface area (Å²) >= 11 is 0. The smallest absolute Gasteiger partial charge is 0.251 e. The highest BCUT2D eigenvalue weighted by Crippen LogP contribution is 2.30. The van der Waals surface area contributed by atoms with Crippen LogP contribution in [0.3, 0.4) is 0 Å². The first-order valence-electron chi connectivity index (χ1n) is 12.1. The Hall–Kier alpha value is -4.47. The second-order valence-corrected chi connectivity index (χ2v) is 8.89. The Morgan fingerprint density at radius 2 is 2.05 bits per heavy atom. The first-order chi connectivity index (χ1) is 17.9. The van der Waals surface area contributed by atoms with Crippen LogP contribution in [0.1, 0.15) is 28.8 Å². The standard InChI is InChI=1S/C27H28FN7O2/c1-16-11-17(7-10-21(16)27(36)33-19-8-9-19)23-14-32-26-22(31-15-24(29-2)30-3)13-25(34-35(23)26)37-20-6-4-5-18(28)12-20/h4-7,10-14,19,31H,8-9,15H2,1-3H3,(H,29,30)(H,33,36). The van der Waals surface area contributed by atoms with Gasteiger partial charge >= 0.3 is 0 Å². The predicted octanol–water partition coefficient (Wildman–Crippen LogP) is 4.19. The zero-order valence-electron chi connectivity index (χ0n) is 20.9. The van der Waals surface area contributed by atoms with Gasteiger partial charge in [-0.1, -0.05) is 12.1 Å². The van der Waals surface area contributed by atoms with Gasteiger partial charge in [0.25, 0.3) is 5.91 Å². The first kappa shape index (κ1) is 24.2. The van der Waals surface area contributed by atoms with Gasteiger partial charge < -0.3 is 20.7 Å². The molecule has 0 aliphatic heterocycles. The lowest BCUT2D eigenvalue weighted by atomic mass is 10.0. The highest BCUT2D eigenvalue weighted by Gasteiger charge is 2.24.